The second-order valence-electron chi connectivity index (χ2n) is 10.6. The SMILES string of the molecule is CN1C(=O)CC(C)(C)c2cc(CCCN3CCN(c4nsc5ccccc45)CC3)c(F)cc21.CS(=O)(=O)O. The first-order chi connectivity index (χ1) is 17.8. The second kappa shape index (κ2) is 11.3. The Hall–Kier alpha value is -2.60. The van der Waals surface area contributed by atoms with Crippen LogP contribution < -0.4 is 9.80 Å². The molecule has 0 saturated carbocycles. The molecule has 2 aliphatic heterocycles. The fraction of sp³-hybridized carbons (Fsp3) is 0.481. The number of aromatic nitrogens is 1. The van der Waals surface area contributed by atoms with E-state index in [1.165, 1.54) is 10.1 Å². The normalized spacial score (nSPS) is 17.8. The molecule has 0 aliphatic carbocycles. The van der Waals surface area contributed by atoms with Crippen molar-refractivity contribution in [3.05, 3.63) is 53.3 Å². The maximum Gasteiger partial charge on any atom is 0.261 e. The highest BCUT2D eigenvalue weighted by atomic mass is 32.2. The molecule has 11 heteroatoms. The largest absolute Gasteiger partial charge is 0.353 e. The Morgan fingerprint density at radius 2 is 1.79 bits per heavy atom. The smallest absolute Gasteiger partial charge is 0.261 e. The van der Waals surface area contributed by atoms with Gasteiger partial charge >= 0.3 is 0 Å². The van der Waals surface area contributed by atoms with Crippen LogP contribution in [0.1, 0.15) is 37.8 Å². The predicted octanol–water partition coefficient (Wildman–Crippen LogP) is 4.34. The van der Waals surface area contributed by atoms with Crippen molar-refractivity contribution in [2.75, 3.05) is 55.8 Å². The number of hydrogen-bond acceptors (Lipinski definition) is 7. The molecule has 1 fully saturated rings. The first-order valence-corrected chi connectivity index (χ1v) is 15.3. The number of hydrogen-bond donors (Lipinski definition) is 1. The van der Waals surface area contributed by atoms with E-state index >= 15 is 0 Å². The molecule has 0 unspecified atom stereocenters. The van der Waals surface area contributed by atoms with Gasteiger partial charge in [0.2, 0.25) is 5.91 Å². The molecule has 0 atom stereocenters. The lowest BCUT2D eigenvalue weighted by Crippen LogP contribution is -2.46. The van der Waals surface area contributed by atoms with Crippen LogP contribution in [0.4, 0.5) is 15.9 Å². The Morgan fingerprint density at radius 1 is 1.13 bits per heavy atom. The molecular formula is C27H35FN4O4S2. The van der Waals surface area contributed by atoms with Gasteiger partial charge in [-0.15, -0.1) is 0 Å². The number of amides is 1. The van der Waals surface area contributed by atoms with E-state index in [0.29, 0.717) is 24.8 Å². The number of rotatable bonds is 5. The maximum absolute atomic E-state index is 14.9. The molecule has 2 aromatic carbocycles. The number of anilines is 2. The molecule has 0 bridgehead atoms. The van der Waals surface area contributed by atoms with E-state index in [1.54, 1.807) is 29.5 Å². The van der Waals surface area contributed by atoms with E-state index in [-0.39, 0.29) is 17.1 Å². The van der Waals surface area contributed by atoms with Crippen LogP contribution in [0.5, 0.6) is 0 Å². The van der Waals surface area contributed by atoms with Crippen LogP contribution in [0.3, 0.4) is 0 Å². The Morgan fingerprint density at radius 3 is 2.47 bits per heavy atom. The first-order valence-electron chi connectivity index (χ1n) is 12.7. The summed E-state index contributed by atoms with van der Waals surface area (Å²) in [7, 11) is -1.93. The summed E-state index contributed by atoms with van der Waals surface area (Å²) in [6.45, 7) is 9.04. The average Bonchev–Trinajstić information content (AvgIpc) is 3.27. The number of nitrogens with zero attached hydrogens (tertiary/aromatic N) is 4. The second-order valence-corrected chi connectivity index (χ2v) is 12.9. The van der Waals surface area contributed by atoms with Gasteiger partial charge in [-0.2, -0.15) is 12.8 Å². The lowest BCUT2D eigenvalue weighted by molar-refractivity contribution is -0.119. The van der Waals surface area contributed by atoms with E-state index in [4.69, 9.17) is 8.93 Å². The maximum atomic E-state index is 14.9. The van der Waals surface area contributed by atoms with Gasteiger partial charge in [0.05, 0.1) is 11.0 Å². The Balaban J connectivity index is 0.000000617. The lowest BCUT2D eigenvalue weighted by atomic mass is 9.76. The van der Waals surface area contributed by atoms with Crippen LogP contribution in [0.25, 0.3) is 10.1 Å². The summed E-state index contributed by atoms with van der Waals surface area (Å²) < 4.78 is 46.7. The molecule has 38 heavy (non-hydrogen) atoms. The highest BCUT2D eigenvalue weighted by Crippen LogP contribution is 2.41. The van der Waals surface area contributed by atoms with Gasteiger partial charge in [0.15, 0.2) is 0 Å². The van der Waals surface area contributed by atoms with Gasteiger partial charge in [-0.25, -0.2) is 4.39 Å². The van der Waals surface area contributed by atoms with E-state index < -0.39 is 10.1 Å². The third-order valence-corrected chi connectivity index (χ3v) is 7.99. The number of carbonyl (C=O) groups is 1. The molecule has 3 heterocycles. The van der Waals surface area contributed by atoms with Crippen LogP contribution >= 0.6 is 11.5 Å². The summed E-state index contributed by atoms with van der Waals surface area (Å²) in [5.74, 6) is 0.952. The zero-order valence-corrected chi connectivity index (χ0v) is 23.9. The van der Waals surface area contributed by atoms with Gasteiger partial charge in [0.1, 0.15) is 11.6 Å². The molecular weight excluding hydrogens is 527 g/mol. The van der Waals surface area contributed by atoms with Gasteiger partial charge < -0.3 is 9.80 Å². The van der Waals surface area contributed by atoms with Crippen molar-refractivity contribution in [1.29, 1.82) is 0 Å². The summed E-state index contributed by atoms with van der Waals surface area (Å²) in [6, 6.07) is 12.0. The fourth-order valence-corrected chi connectivity index (χ4v) is 5.92. The Kier molecular flexibility index (Phi) is 8.41. The van der Waals surface area contributed by atoms with Crippen molar-refractivity contribution >= 4 is 49.1 Å². The quantitative estimate of drug-likeness (QED) is 0.463. The number of benzene rings is 2. The van der Waals surface area contributed by atoms with Crippen LogP contribution in [0.2, 0.25) is 0 Å². The number of fused-ring (bicyclic) bond motifs is 2. The van der Waals surface area contributed by atoms with Gasteiger partial charge in [-0.3, -0.25) is 14.2 Å². The predicted molar refractivity (Wildman–Crippen MR) is 152 cm³/mol. The van der Waals surface area contributed by atoms with Crippen molar-refractivity contribution in [2.45, 2.75) is 38.5 Å². The average molecular weight is 563 g/mol. The standard InChI is InChI=1S/C26H31FN4OS.CH4O3S/c1-26(2)17-24(32)29(3)22-16-21(27)18(15-20(22)26)7-6-10-30-11-13-31(14-12-30)25-19-8-4-5-9-23(19)33-28-25;1-5(2,3)4/h4-5,8-9,15-16H,6-7,10-14,17H2,1-3H3;1H3,(H,2,3,4). The molecule has 0 spiro atoms. The topological polar surface area (TPSA) is 94.1 Å². The van der Waals surface area contributed by atoms with Gasteiger partial charge in [0, 0.05) is 56.1 Å². The van der Waals surface area contributed by atoms with Gasteiger partial charge in [0.25, 0.3) is 10.1 Å². The van der Waals surface area contributed by atoms with Gasteiger partial charge in [-0.1, -0.05) is 32.0 Å². The Labute approximate surface area is 228 Å². The monoisotopic (exact) mass is 562 g/mol. The van der Waals surface area contributed by atoms with E-state index in [9.17, 15) is 17.6 Å². The minimum atomic E-state index is -3.67. The van der Waals surface area contributed by atoms with E-state index in [0.717, 1.165) is 56.1 Å². The molecule has 1 N–H and O–H groups in total. The molecule has 206 valence electrons. The minimum Gasteiger partial charge on any atom is -0.353 e. The number of aryl methyl sites for hydroxylation is 1. The summed E-state index contributed by atoms with van der Waals surface area (Å²) in [4.78, 5) is 18.7. The molecule has 1 saturated heterocycles. The molecule has 8 nitrogen and oxygen atoms in total. The highest BCUT2D eigenvalue weighted by molar-refractivity contribution is 7.85. The zero-order valence-electron chi connectivity index (χ0n) is 22.3. The first kappa shape index (κ1) is 28.4. The van der Waals surface area contributed by atoms with Crippen molar-refractivity contribution in [2.24, 2.45) is 0 Å². The molecule has 1 amide bonds. The van der Waals surface area contributed by atoms with Crippen LogP contribution in [-0.2, 0) is 26.7 Å². The van der Waals surface area contributed by atoms with Crippen LogP contribution in [-0.4, -0.2) is 74.2 Å². The molecule has 5 rings (SSSR count). The van der Waals surface area contributed by atoms with E-state index in [2.05, 4.69) is 47.9 Å². The number of piperazine rings is 1. The van der Waals surface area contributed by atoms with Gasteiger partial charge in [-0.05, 0) is 60.2 Å². The van der Waals surface area contributed by atoms with Crippen LogP contribution in [0.15, 0.2) is 36.4 Å². The van der Waals surface area contributed by atoms with E-state index in [1.807, 2.05) is 6.07 Å². The Bertz CT molecular complexity index is 1410. The molecule has 0 radical (unpaired) electrons. The zero-order chi connectivity index (χ0) is 27.7. The van der Waals surface area contributed by atoms with Crippen molar-refractivity contribution in [3.63, 3.8) is 0 Å². The summed E-state index contributed by atoms with van der Waals surface area (Å²) in [6.07, 6.45) is 2.81. The van der Waals surface area contributed by atoms with Crippen LogP contribution in [0, 0.1) is 5.82 Å². The summed E-state index contributed by atoms with van der Waals surface area (Å²) in [5.41, 5.74) is 2.28. The minimum absolute atomic E-state index is 0.0458. The van der Waals surface area contributed by atoms with Crippen molar-refractivity contribution < 1.29 is 22.2 Å². The number of halogens is 1. The molecule has 1 aromatic heterocycles. The third kappa shape index (κ3) is 6.69. The lowest BCUT2D eigenvalue weighted by Gasteiger charge is -2.37. The molecule has 2 aliphatic rings. The third-order valence-electron chi connectivity index (χ3n) is 7.17. The van der Waals surface area contributed by atoms with Crippen molar-refractivity contribution in [3.8, 4) is 0 Å². The highest BCUT2D eigenvalue weighted by Gasteiger charge is 2.36. The summed E-state index contributed by atoms with van der Waals surface area (Å²) >= 11 is 1.57. The fourth-order valence-electron chi connectivity index (χ4n) is 5.12. The van der Waals surface area contributed by atoms with Crippen molar-refractivity contribution in [1.82, 2.24) is 9.27 Å². The number of carbonyl (C=O) groups excluding carboxylic acids is 1. The summed E-state index contributed by atoms with van der Waals surface area (Å²) in [5, 5.41) is 1.24. The molecule has 3 aromatic rings.